The van der Waals surface area contributed by atoms with Gasteiger partial charge in [-0.2, -0.15) is 0 Å². The highest BCUT2D eigenvalue weighted by molar-refractivity contribution is 5.92. The van der Waals surface area contributed by atoms with Crippen molar-refractivity contribution in [3.8, 4) is 11.3 Å². The zero-order valence-corrected chi connectivity index (χ0v) is 19.5. The molecule has 30 heavy (non-hydrogen) atoms. The molecule has 3 aromatic rings. The second-order valence-corrected chi connectivity index (χ2v) is 9.99. The van der Waals surface area contributed by atoms with Crippen LogP contribution in [0.25, 0.3) is 22.2 Å². The highest BCUT2D eigenvalue weighted by Gasteiger charge is 2.24. The SMILES string of the molecule is Cc1cc(-c2[nH]c3ccc(C4CCC(CN(C)C)CC4)cc3c2C(C)C)cc(C)n1. The zero-order chi connectivity index (χ0) is 21.4. The fourth-order valence-electron chi connectivity index (χ4n) is 5.49. The Morgan fingerprint density at radius 3 is 2.27 bits per heavy atom. The Morgan fingerprint density at radius 1 is 1.00 bits per heavy atom. The molecule has 0 radical (unpaired) electrons. The number of hydrogen-bond donors (Lipinski definition) is 1. The number of fused-ring (bicyclic) bond motifs is 1. The largest absolute Gasteiger partial charge is 0.354 e. The molecule has 3 nitrogen and oxygen atoms in total. The first kappa shape index (κ1) is 21.1. The van der Waals surface area contributed by atoms with Gasteiger partial charge in [-0.1, -0.05) is 19.9 Å². The van der Waals surface area contributed by atoms with Gasteiger partial charge in [-0.25, -0.2) is 0 Å². The number of H-pyrrole nitrogens is 1. The van der Waals surface area contributed by atoms with E-state index in [0.717, 1.165) is 17.3 Å². The van der Waals surface area contributed by atoms with Gasteiger partial charge in [-0.05, 0) is 107 Å². The number of hydrogen-bond acceptors (Lipinski definition) is 2. The van der Waals surface area contributed by atoms with Gasteiger partial charge < -0.3 is 9.88 Å². The summed E-state index contributed by atoms with van der Waals surface area (Å²) in [4.78, 5) is 10.7. The normalized spacial score (nSPS) is 19.9. The molecule has 4 rings (SSSR count). The molecule has 1 aliphatic rings. The minimum absolute atomic E-state index is 0.466. The van der Waals surface area contributed by atoms with Gasteiger partial charge in [0.25, 0.3) is 0 Å². The molecule has 0 unspecified atom stereocenters. The van der Waals surface area contributed by atoms with Crippen LogP contribution in [0.3, 0.4) is 0 Å². The fraction of sp³-hybridized carbons (Fsp3) is 0.519. The van der Waals surface area contributed by atoms with E-state index in [1.807, 2.05) is 0 Å². The lowest BCUT2D eigenvalue weighted by molar-refractivity contribution is 0.250. The van der Waals surface area contributed by atoms with Gasteiger partial charge in [0, 0.05) is 34.4 Å². The quantitative estimate of drug-likeness (QED) is 0.508. The van der Waals surface area contributed by atoms with Gasteiger partial charge in [0.2, 0.25) is 0 Å². The van der Waals surface area contributed by atoms with Crippen molar-refractivity contribution < 1.29 is 0 Å². The minimum atomic E-state index is 0.466. The van der Waals surface area contributed by atoms with E-state index in [2.05, 4.69) is 87.0 Å². The summed E-state index contributed by atoms with van der Waals surface area (Å²) < 4.78 is 0. The lowest BCUT2D eigenvalue weighted by atomic mass is 9.78. The summed E-state index contributed by atoms with van der Waals surface area (Å²) in [5.74, 6) is 2.04. The summed E-state index contributed by atoms with van der Waals surface area (Å²) in [5.41, 5.74) is 8.90. The van der Waals surface area contributed by atoms with Crippen molar-refractivity contribution in [3.05, 3.63) is 52.8 Å². The van der Waals surface area contributed by atoms with Gasteiger partial charge >= 0.3 is 0 Å². The van der Waals surface area contributed by atoms with Crippen LogP contribution in [0.1, 0.15) is 73.9 Å². The van der Waals surface area contributed by atoms with Crippen molar-refractivity contribution in [2.75, 3.05) is 20.6 Å². The van der Waals surface area contributed by atoms with Gasteiger partial charge in [0.1, 0.15) is 0 Å². The number of pyridine rings is 1. The second-order valence-electron chi connectivity index (χ2n) is 9.99. The number of nitrogens with one attached hydrogen (secondary N) is 1. The summed E-state index contributed by atoms with van der Waals surface area (Å²) in [5, 5.41) is 1.40. The van der Waals surface area contributed by atoms with Gasteiger partial charge in [-0.3, -0.25) is 4.98 Å². The predicted octanol–water partition coefficient (Wildman–Crippen LogP) is 6.81. The molecule has 0 amide bonds. The molecular weight excluding hydrogens is 366 g/mol. The maximum absolute atomic E-state index is 4.57. The average Bonchev–Trinajstić information content (AvgIpc) is 3.06. The number of benzene rings is 1. The maximum atomic E-state index is 4.57. The molecule has 2 aromatic heterocycles. The van der Waals surface area contributed by atoms with E-state index in [4.69, 9.17) is 0 Å². The molecule has 0 spiro atoms. The van der Waals surface area contributed by atoms with Crippen LogP contribution in [-0.4, -0.2) is 35.5 Å². The van der Waals surface area contributed by atoms with Crippen LogP contribution in [0, 0.1) is 19.8 Å². The molecule has 0 saturated heterocycles. The second kappa shape index (κ2) is 8.55. The monoisotopic (exact) mass is 403 g/mol. The molecule has 1 fully saturated rings. The van der Waals surface area contributed by atoms with Crippen molar-refractivity contribution in [1.29, 1.82) is 0 Å². The first-order valence-electron chi connectivity index (χ1n) is 11.6. The maximum Gasteiger partial charge on any atom is 0.0501 e. The van der Waals surface area contributed by atoms with E-state index in [1.54, 1.807) is 0 Å². The third kappa shape index (κ3) is 4.32. The molecule has 160 valence electrons. The van der Waals surface area contributed by atoms with Crippen molar-refractivity contribution in [1.82, 2.24) is 14.9 Å². The lowest BCUT2D eigenvalue weighted by Gasteiger charge is -2.30. The van der Waals surface area contributed by atoms with E-state index in [-0.39, 0.29) is 0 Å². The lowest BCUT2D eigenvalue weighted by Crippen LogP contribution is -2.25. The van der Waals surface area contributed by atoms with Crippen molar-refractivity contribution in [2.24, 2.45) is 5.92 Å². The van der Waals surface area contributed by atoms with Crippen molar-refractivity contribution >= 4 is 10.9 Å². The Hall–Kier alpha value is -2.13. The minimum Gasteiger partial charge on any atom is -0.354 e. The molecule has 0 bridgehead atoms. The van der Waals surface area contributed by atoms with Crippen LogP contribution in [0.15, 0.2) is 30.3 Å². The average molecular weight is 404 g/mol. The molecular formula is C27H37N3. The topological polar surface area (TPSA) is 31.9 Å². The number of nitrogens with zero attached hydrogens (tertiary/aromatic N) is 2. The van der Waals surface area contributed by atoms with Crippen molar-refractivity contribution in [2.45, 2.75) is 65.2 Å². The van der Waals surface area contributed by atoms with Crippen LogP contribution in [0.5, 0.6) is 0 Å². The van der Waals surface area contributed by atoms with E-state index in [9.17, 15) is 0 Å². The van der Waals surface area contributed by atoms with Crippen LogP contribution in [0.2, 0.25) is 0 Å². The van der Waals surface area contributed by atoms with Crippen LogP contribution < -0.4 is 0 Å². The third-order valence-corrected chi connectivity index (χ3v) is 6.75. The fourth-order valence-corrected chi connectivity index (χ4v) is 5.49. The molecule has 3 heteroatoms. The Labute approximate surface area is 181 Å². The summed E-state index contributed by atoms with van der Waals surface area (Å²) >= 11 is 0. The predicted molar refractivity (Wildman–Crippen MR) is 128 cm³/mol. The smallest absolute Gasteiger partial charge is 0.0501 e. The molecule has 0 aliphatic heterocycles. The molecule has 1 aliphatic carbocycles. The van der Waals surface area contributed by atoms with Gasteiger partial charge in [0.15, 0.2) is 0 Å². The summed E-state index contributed by atoms with van der Waals surface area (Å²) in [6.07, 6.45) is 5.35. The zero-order valence-electron chi connectivity index (χ0n) is 19.5. The van der Waals surface area contributed by atoms with Gasteiger partial charge in [0.05, 0.1) is 5.69 Å². The van der Waals surface area contributed by atoms with Crippen molar-refractivity contribution in [3.63, 3.8) is 0 Å². The number of aromatic amines is 1. The highest BCUT2D eigenvalue weighted by Crippen LogP contribution is 2.40. The number of aryl methyl sites for hydroxylation is 2. The highest BCUT2D eigenvalue weighted by atomic mass is 15.1. The molecule has 1 aromatic carbocycles. The molecule has 1 saturated carbocycles. The Kier molecular flexibility index (Phi) is 6.02. The van der Waals surface area contributed by atoms with Crippen LogP contribution in [0.4, 0.5) is 0 Å². The van der Waals surface area contributed by atoms with E-state index in [0.29, 0.717) is 11.8 Å². The molecule has 0 atom stereocenters. The summed E-state index contributed by atoms with van der Waals surface area (Å²) in [7, 11) is 4.39. The number of rotatable bonds is 5. The standard InChI is InChI=1S/C27H37N3/c1-17(2)26-24-15-22(21-9-7-20(8-10-21)16-30(5)6)11-12-25(24)29-27(26)23-13-18(3)28-19(4)14-23/h11-15,17,20-21,29H,7-10,16H2,1-6H3. The first-order valence-corrected chi connectivity index (χ1v) is 11.6. The Bertz CT molecular complexity index is 1000. The van der Waals surface area contributed by atoms with E-state index >= 15 is 0 Å². The summed E-state index contributed by atoms with van der Waals surface area (Å²) in [6.45, 7) is 10.0. The van der Waals surface area contributed by atoms with E-state index in [1.165, 1.54) is 65.5 Å². The first-order chi connectivity index (χ1) is 14.3. The van der Waals surface area contributed by atoms with E-state index < -0.39 is 0 Å². The third-order valence-electron chi connectivity index (χ3n) is 6.75. The number of aromatic nitrogens is 2. The molecule has 1 N–H and O–H groups in total. The molecule has 2 heterocycles. The Morgan fingerprint density at radius 2 is 1.67 bits per heavy atom. The summed E-state index contributed by atoms with van der Waals surface area (Å²) in [6, 6.07) is 11.6. The van der Waals surface area contributed by atoms with Crippen LogP contribution >= 0.6 is 0 Å². The van der Waals surface area contributed by atoms with Gasteiger partial charge in [-0.15, -0.1) is 0 Å². The Balaban J connectivity index is 1.68. The van der Waals surface area contributed by atoms with Crippen LogP contribution in [-0.2, 0) is 0 Å².